The van der Waals surface area contributed by atoms with E-state index in [4.69, 9.17) is 45.5 Å². The number of nitrogen functional groups attached to an aromatic ring is 1. The summed E-state index contributed by atoms with van der Waals surface area (Å²) in [6.45, 7) is 9.67. The first kappa shape index (κ1) is 94.1. The Morgan fingerprint density at radius 3 is 1.26 bits per heavy atom. The van der Waals surface area contributed by atoms with Gasteiger partial charge >= 0.3 is 41.5 Å². The van der Waals surface area contributed by atoms with E-state index in [9.17, 15) is 47.9 Å². The number of fused-ring (bicyclic) bond motifs is 2. The number of hydrogen-bond acceptors (Lipinski definition) is 28. The molecule has 13 aromatic rings. The fourth-order valence-corrected chi connectivity index (χ4v) is 12.7. The summed E-state index contributed by atoms with van der Waals surface area (Å²) in [6.07, 6.45) is 8.33. The van der Waals surface area contributed by atoms with Crippen molar-refractivity contribution in [1.29, 1.82) is 0 Å². The number of nitrogens with two attached hydrogens (primary N) is 2. The Hall–Kier alpha value is -16.2. The van der Waals surface area contributed by atoms with Crippen LogP contribution in [0.1, 0.15) is 121 Å². The summed E-state index contributed by atoms with van der Waals surface area (Å²) in [5, 5.41) is 28.1. The van der Waals surface area contributed by atoms with Crippen molar-refractivity contribution >= 4 is 121 Å². The molecular weight excluding hydrogens is 1650 g/mol. The number of amides is 4. The number of amidine groups is 1. The summed E-state index contributed by atoms with van der Waals surface area (Å²) >= 11 is 0. The smallest absolute Gasteiger partial charge is 0.439 e. The number of aryl methyl sites for hydroxylation is 2. The molecule has 0 fully saturated rings. The third-order valence-corrected chi connectivity index (χ3v) is 19.2. The van der Waals surface area contributed by atoms with Crippen LogP contribution in [0.15, 0.2) is 224 Å². The summed E-state index contributed by atoms with van der Waals surface area (Å²) in [5.74, 6) is -0.467. The van der Waals surface area contributed by atoms with Gasteiger partial charge in [0.2, 0.25) is 0 Å². The van der Waals surface area contributed by atoms with Gasteiger partial charge < -0.3 is 65.9 Å². The average Bonchev–Trinajstić information content (AvgIpc) is 1.64. The van der Waals surface area contributed by atoms with Gasteiger partial charge in [-0.3, -0.25) is 67.3 Å². The lowest BCUT2D eigenvalue weighted by molar-refractivity contribution is -0.143. The number of aromatic nitrogens is 11. The number of carbonyl (C=O) groups is 8. The second-order valence-corrected chi connectivity index (χ2v) is 28.0. The molecule has 0 aliphatic rings. The Morgan fingerprint density at radius 2 is 0.891 bits per heavy atom. The molecule has 6 aromatic carbocycles. The lowest BCUT2D eigenvalue weighted by Crippen LogP contribution is -2.34. The number of anilines is 8. The van der Waals surface area contributed by atoms with Gasteiger partial charge in [-0.15, -0.1) is 0 Å². The molecule has 666 valence electrons. The van der Waals surface area contributed by atoms with Gasteiger partial charge in [-0.25, -0.2) is 39.3 Å². The third-order valence-electron chi connectivity index (χ3n) is 19.2. The maximum absolute atomic E-state index is 13.6. The van der Waals surface area contributed by atoms with Crippen LogP contribution >= 0.6 is 0 Å². The standard InChI is InChI=1S/C34H41N7O5.C28H27N7O5.C18H22N4O3.C10H9N3O4/c1-4-6-7-10-21-46-34(44)39-32(35)24-12-15-26(16-13-24)37-23-30-38-27-22-25(14-17-28(27)40(30)3)33(43)41(20-18-31(42)45-5-2)29-11-8-9-19-36-29;1-3-39-25(36)13-15-35(23-6-4-5-14-29-23)27(37)19-9-12-22-21(16-19)31-24(34(22)2)17-30-20-10-7-18(8-11-20)26-32-28(38)40-33-26;1-3-25-17(23)9-11-22(16-6-4-5-10-21-16)18(24)13-7-8-15(20-2)14(19)12-13;14-8(15)5-11-7-3-1-6(2-4-7)9-12-10(16)17-13-9/h8-9,11-17,19,22,37H,4-7,10,18,20-21,23H2,1-3H3,(H2,35,39,44);4-12,14,16,30H,3,13,15,17H2,1-2H3,(H,32,33,38);4-8,10,12,20H,3,9,11,19H2,1-2H3;1-4,11H,5H2,(H,14,15)(H,12,13,16). The number of carboxylic acid groups (broad SMARTS) is 1. The summed E-state index contributed by atoms with van der Waals surface area (Å²) in [6, 6.07) is 52.9. The third kappa shape index (κ3) is 27.2. The minimum atomic E-state index is -0.935. The molecule has 0 spiro atoms. The molecule has 0 unspecified atom stereocenters. The highest BCUT2D eigenvalue weighted by molar-refractivity contribution is 6.09. The van der Waals surface area contributed by atoms with Gasteiger partial charge in [-0.2, -0.15) is 4.99 Å². The van der Waals surface area contributed by atoms with Gasteiger partial charge in [0.05, 0.1) is 92.2 Å². The molecule has 13 rings (SSSR count). The SMILES string of the molecule is CCCCCCOC(=O)/N=C(\N)c1ccc(NCc2nc3cc(C(=O)N(CCC(=O)OCC)c4ccccn4)ccc3n2C)cc1.CCOC(=O)CCN(C(=O)c1ccc(NC)c(N)c1)c1ccccn1.CCOC(=O)CCN(C(=O)c1ccc2c(c1)nc(CNc1ccc(-c3noc(=O)[nH]3)cc1)n2C)c1ccccn1.O=C(O)CNc1ccc(-c2noc(=O)[nH]2)cc1. The van der Waals surface area contributed by atoms with Crippen LogP contribution in [0.4, 0.5) is 50.7 Å². The van der Waals surface area contributed by atoms with Crippen LogP contribution in [0.2, 0.25) is 0 Å². The molecule has 38 heteroatoms. The number of nitrogens with one attached hydrogen (secondary N) is 6. The highest BCUT2D eigenvalue weighted by Gasteiger charge is 2.26. The monoisotopic (exact) mass is 1750 g/mol. The quantitative estimate of drug-likeness (QED) is 0.00440. The molecule has 11 N–H and O–H groups in total. The van der Waals surface area contributed by atoms with Crippen molar-refractivity contribution in [2.45, 2.75) is 85.7 Å². The Kier molecular flexibility index (Phi) is 34.9. The Morgan fingerprint density at radius 1 is 0.492 bits per heavy atom. The molecule has 0 aliphatic heterocycles. The number of aromatic amines is 2. The molecule has 128 heavy (non-hydrogen) atoms. The van der Waals surface area contributed by atoms with Crippen LogP contribution in [-0.4, -0.2) is 173 Å². The predicted molar refractivity (Wildman–Crippen MR) is 482 cm³/mol. The zero-order valence-corrected chi connectivity index (χ0v) is 71.5. The number of H-pyrrole nitrogens is 2. The number of hydrogen-bond donors (Lipinski definition) is 9. The first-order valence-electron chi connectivity index (χ1n) is 41.0. The van der Waals surface area contributed by atoms with E-state index in [1.807, 2.05) is 71.8 Å². The molecule has 0 atom stereocenters. The highest BCUT2D eigenvalue weighted by atomic mass is 16.6. The summed E-state index contributed by atoms with van der Waals surface area (Å²) in [7, 11) is 5.58. The van der Waals surface area contributed by atoms with Crippen molar-refractivity contribution in [3.63, 3.8) is 0 Å². The van der Waals surface area contributed by atoms with Crippen LogP contribution < -0.4 is 58.9 Å². The van der Waals surface area contributed by atoms with Crippen LogP contribution in [0.3, 0.4) is 0 Å². The lowest BCUT2D eigenvalue weighted by Gasteiger charge is -2.22. The molecule has 0 bridgehead atoms. The highest BCUT2D eigenvalue weighted by Crippen LogP contribution is 2.28. The molecule has 7 aromatic heterocycles. The predicted octanol–water partition coefficient (Wildman–Crippen LogP) is 12.0. The number of aliphatic imine (C=N–C) groups is 1. The Balaban J connectivity index is 0.000000188. The van der Waals surface area contributed by atoms with E-state index in [1.165, 1.54) is 14.7 Å². The van der Waals surface area contributed by atoms with Crippen molar-refractivity contribution in [3.05, 3.63) is 256 Å². The number of pyridine rings is 3. The van der Waals surface area contributed by atoms with Crippen molar-refractivity contribution in [3.8, 4) is 22.8 Å². The van der Waals surface area contributed by atoms with E-state index >= 15 is 0 Å². The Labute approximate surface area is 734 Å². The number of aliphatic carboxylic acids is 1. The van der Waals surface area contributed by atoms with Gasteiger partial charge in [0.15, 0.2) is 11.6 Å². The zero-order valence-electron chi connectivity index (χ0n) is 71.5. The molecular formula is C90H99N21O17. The van der Waals surface area contributed by atoms with Gasteiger partial charge in [-0.05, 0) is 191 Å². The maximum atomic E-state index is 13.6. The normalized spacial score (nSPS) is 10.8. The average molecular weight is 1750 g/mol. The molecule has 0 radical (unpaired) electrons. The number of esters is 3. The van der Waals surface area contributed by atoms with E-state index in [1.54, 1.807) is 180 Å². The van der Waals surface area contributed by atoms with Crippen molar-refractivity contribution in [2.75, 3.05) is 101 Å². The number of nitrogens with zero attached hydrogens (tertiary/aromatic N) is 13. The number of imidazole rings is 2. The molecule has 0 saturated carbocycles. The van der Waals surface area contributed by atoms with Crippen LogP contribution in [0.25, 0.3) is 44.8 Å². The number of carbonyl (C=O) groups excluding carboxylic acids is 7. The first-order valence-corrected chi connectivity index (χ1v) is 41.0. The summed E-state index contributed by atoms with van der Waals surface area (Å²) < 4.78 is 33.0. The molecule has 7 heterocycles. The molecule has 38 nitrogen and oxygen atoms in total. The molecule has 4 amide bonds. The second-order valence-electron chi connectivity index (χ2n) is 28.0. The Bertz CT molecular complexity index is 6040. The van der Waals surface area contributed by atoms with Gasteiger partial charge in [-0.1, -0.05) is 54.7 Å². The maximum Gasteiger partial charge on any atom is 0.439 e. The minimum Gasteiger partial charge on any atom is -0.480 e. The number of unbranched alkanes of at least 4 members (excludes halogenated alkanes) is 3. The van der Waals surface area contributed by atoms with E-state index in [0.717, 1.165) is 71.0 Å². The number of carboxylic acids is 1. The van der Waals surface area contributed by atoms with Gasteiger partial charge in [0, 0.05) is 110 Å². The van der Waals surface area contributed by atoms with E-state index < -0.39 is 23.6 Å². The lowest BCUT2D eigenvalue weighted by atomic mass is 10.1. The first-order chi connectivity index (χ1) is 61.9. The fraction of sp³-hybridized carbons (Fsp3) is 0.267. The molecule has 0 aliphatic carbocycles. The van der Waals surface area contributed by atoms with Crippen LogP contribution in [-0.2, 0) is 65.3 Å². The van der Waals surface area contributed by atoms with Crippen molar-refractivity contribution in [1.82, 2.24) is 54.3 Å². The van der Waals surface area contributed by atoms with Crippen LogP contribution in [0.5, 0.6) is 0 Å². The molecule has 0 saturated heterocycles. The topological polar surface area (TPSA) is 508 Å². The van der Waals surface area contributed by atoms with Crippen molar-refractivity contribution in [2.24, 2.45) is 24.8 Å². The van der Waals surface area contributed by atoms with Crippen molar-refractivity contribution < 1.29 is 71.5 Å². The van der Waals surface area contributed by atoms with E-state index in [-0.39, 0.29) is 100 Å². The van der Waals surface area contributed by atoms with E-state index in [0.29, 0.717) is 106 Å². The van der Waals surface area contributed by atoms with Gasteiger partial charge in [0.1, 0.15) is 41.5 Å². The minimum absolute atomic E-state index is 0.0455. The number of rotatable bonds is 36. The fourth-order valence-electron chi connectivity index (χ4n) is 12.7. The largest absolute Gasteiger partial charge is 0.480 e. The number of benzene rings is 6. The van der Waals surface area contributed by atoms with Crippen LogP contribution in [0, 0.1) is 0 Å². The van der Waals surface area contributed by atoms with E-state index in [2.05, 4.69) is 77.5 Å². The second kappa shape index (κ2) is 47.5. The summed E-state index contributed by atoms with van der Waals surface area (Å²) in [4.78, 5) is 156. The summed E-state index contributed by atoms with van der Waals surface area (Å²) in [5.41, 5.74) is 21.9. The zero-order chi connectivity index (χ0) is 91.4. The number of ether oxygens (including phenoxy) is 4. The van der Waals surface area contributed by atoms with Gasteiger partial charge in [0.25, 0.3) is 17.7 Å².